The summed E-state index contributed by atoms with van der Waals surface area (Å²) in [6.07, 6.45) is -1.47. The number of hydrogen-bond donors (Lipinski definition) is 3. The molecule has 0 unspecified atom stereocenters. The molecule has 0 atom stereocenters. The topological polar surface area (TPSA) is 82.2 Å². The Morgan fingerprint density at radius 1 is 1.03 bits per heavy atom. The van der Waals surface area contributed by atoms with Gasteiger partial charge in [-0.2, -0.15) is 13.2 Å². The minimum atomic E-state index is -4.58. The van der Waals surface area contributed by atoms with E-state index in [0.29, 0.717) is 24.2 Å². The summed E-state index contributed by atoms with van der Waals surface area (Å²) >= 11 is 0. The molecule has 3 aromatic rings. The third-order valence-corrected chi connectivity index (χ3v) is 5.65. The maximum absolute atomic E-state index is 13.8. The fourth-order valence-corrected chi connectivity index (χ4v) is 3.75. The van der Waals surface area contributed by atoms with Crippen LogP contribution in [-0.4, -0.2) is 54.0 Å². The van der Waals surface area contributed by atoms with Crippen LogP contribution in [0.25, 0.3) is 0 Å². The summed E-state index contributed by atoms with van der Waals surface area (Å²) in [5.74, 6) is 6.17. The van der Waals surface area contributed by atoms with Crippen LogP contribution in [0.5, 0.6) is 0 Å². The fraction of sp³-hybridized carbons (Fsp3) is 0.269. The number of rotatable bonds is 5. The molecule has 1 aromatic carbocycles. The quantitative estimate of drug-likeness (QED) is 0.471. The molecule has 0 bridgehead atoms. The number of hydrogen-bond acceptors (Lipinski definition) is 6. The minimum absolute atomic E-state index is 0.0969. The second-order valence-electron chi connectivity index (χ2n) is 8.21. The third-order valence-electron chi connectivity index (χ3n) is 5.65. The molecule has 1 fully saturated rings. The van der Waals surface area contributed by atoms with Crippen molar-refractivity contribution >= 4 is 17.5 Å². The molecule has 1 saturated heterocycles. The van der Waals surface area contributed by atoms with E-state index in [1.54, 1.807) is 31.4 Å². The van der Waals surface area contributed by atoms with Gasteiger partial charge in [0.05, 0.1) is 5.56 Å². The smallest absolute Gasteiger partial charge is 0.373 e. The fourth-order valence-electron chi connectivity index (χ4n) is 3.75. The van der Waals surface area contributed by atoms with Gasteiger partial charge in [0.15, 0.2) is 0 Å². The Morgan fingerprint density at radius 3 is 2.50 bits per heavy atom. The minimum Gasteiger partial charge on any atom is -0.373 e. The van der Waals surface area contributed by atoms with Crippen molar-refractivity contribution in [2.45, 2.75) is 12.7 Å². The lowest BCUT2D eigenvalue weighted by molar-refractivity contribution is -0.138. The molecule has 10 heteroatoms. The van der Waals surface area contributed by atoms with E-state index in [2.05, 4.69) is 37.8 Å². The molecule has 7 nitrogen and oxygen atoms in total. The number of aromatic nitrogens is 2. The van der Waals surface area contributed by atoms with Crippen molar-refractivity contribution in [2.75, 3.05) is 43.9 Å². The molecule has 0 aliphatic carbocycles. The van der Waals surface area contributed by atoms with Gasteiger partial charge >= 0.3 is 6.18 Å². The van der Waals surface area contributed by atoms with Gasteiger partial charge in [0.1, 0.15) is 11.6 Å². The summed E-state index contributed by atoms with van der Waals surface area (Å²) in [5, 5.41) is 8.67. The monoisotopic (exact) mass is 494 g/mol. The summed E-state index contributed by atoms with van der Waals surface area (Å²) < 4.78 is 41.4. The largest absolute Gasteiger partial charge is 0.416 e. The van der Waals surface area contributed by atoms with Gasteiger partial charge in [0.2, 0.25) is 0 Å². The van der Waals surface area contributed by atoms with Gasteiger partial charge in [-0.25, -0.2) is 9.97 Å². The Labute approximate surface area is 207 Å². The average molecular weight is 495 g/mol. The Hall–Kier alpha value is -3.94. The van der Waals surface area contributed by atoms with Crippen molar-refractivity contribution in [3.63, 3.8) is 0 Å². The van der Waals surface area contributed by atoms with E-state index in [-0.39, 0.29) is 23.5 Å². The van der Waals surface area contributed by atoms with Crippen LogP contribution in [0.15, 0.2) is 54.9 Å². The average Bonchev–Trinajstić information content (AvgIpc) is 2.88. The van der Waals surface area contributed by atoms with Crippen molar-refractivity contribution in [3.8, 4) is 11.8 Å². The van der Waals surface area contributed by atoms with Crippen LogP contribution < -0.4 is 16.0 Å². The lowest BCUT2D eigenvalue weighted by Gasteiger charge is -2.28. The lowest BCUT2D eigenvalue weighted by atomic mass is 10.0. The molecular formula is C26H25F3N6O. The lowest BCUT2D eigenvalue weighted by Crippen LogP contribution is -2.43. The predicted octanol–water partition coefficient (Wildman–Crippen LogP) is 3.59. The molecule has 0 radical (unpaired) electrons. The van der Waals surface area contributed by atoms with E-state index >= 15 is 0 Å². The Morgan fingerprint density at radius 2 is 1.81 bits per heavy atom. The zero-order valence-electron chi connectivity index (χ0n) is 19.6. The molecule has 1 aliphatic rings. The van der Waals surface area contributed by atoms with E-state index in [0.717, 1.165) is 25.0 Å². The van der Waals surface area contributed by atoms with Crippen LogP contribution in [0.2, 0.25) is 0 Å². The van der Waals surface area contributed by atoms with Gasteiger partial charge in [0.25, 0.3) is 5.91 Å². The number of alkyl halides is 3. The first-order valence-electron chi connectivity index (χ1n) is 11.4. The number of carbonyl (C=O) groups is 1. The van der Waals surface area contributed by atoms with Gasteiger partial charge in [-0.05, 0) is 42.0 Å². The number of benzene rings is 1. The Kier molecular flexibility index (Phi) is 7.83. The number of halogens is 3. The molecular weight excluding hydrogens is 469 g/mol. The van der Waals surface area contributed by atoms with E-state index < -0.39 is 17.6 Å². The molecule has 2 aromatic heterocycles. The first-order valence-corrected chi connectivity index (χ1v) is 11.4. The number of amides is 1. The highest BCUT2D eigenvalue weighted by Crippen LogP contribution is 2.33. The van der Waals surface area contributed by atoms with Gasteiger partial charge in [-0.3, -0.25) is 9.69 Å². The zero-order valence-corrected chi connectivity index (χ0v) is 19.6. The van der Waals surface area contributed by atoms with Gasteiger partial charge in [-0.1, -0.05) is 17.9 Å². The van der Waals surface area contributed by atoms with Crippen molar-refractivity contribution in [3.05, 3.63) is 82.7 Å². The van der Waals surface area contributed by atoms with Crippen LogP contribution in [0.4, 0.5) is 24.8 Å². The maximum Gasteiger partial charge on any atom is 0.416 e. The van der Waals surface area contributed by atoms with Crippen molar-refractivity contribution in [1.29, 1.82) is 0 Å². The van der Waals surface area contributed by atoms with Crippen LogP contribution >= 0.6 is 0 Å². The predicted molar refractivity (Wildman–Crippen MR) is 132 cm³/mol. The Bertz CT molecular complexity index is 1280. The van der Waals surface area contributed by atoms with Crippen LogP contribution in [0, 0.1) is 11.8 Å². The molecule has 0 saturated carbocycles. The van der Waals surface area contributed by atoms with Gasteiger partial charge in [0, 0.05) is 68.9 Å². The molecule has 36 heavy (non-hydrogen) atoms. The van der Waals surface area contributed by atoms with Gasteiger partial charge < -0.3 is 16.0 Å². The molecule has 4 rings (SSSR count). The second kappa shape index (κ2) is 11.2. The molecule has 3 N–H and O–H groups in total. The van der Waals surface area contributed by atoms with Crippen LogP contribution in [0.1, 0.15) is 32.6 Å². The number of nitrogens with one attached hydrogen (secondary N) is 3. The highest BCUT2D eigenvalue weighted by molar-refractivity contribution is 6.04. The van der Waals surface area contributed by atoms with E-state index in [1.165, 1.54) is 18.3 Å². The summed E-state index contributed by atoms with van der Waals surface area (Å²) in [6, 6.07) is 10.5. The van der Waals surface area contributed by atoms with E-state index in [4.69, 9.17) is 0 Å². The Balaban J connectivity index is 1.49. The summed E-state index contributed by atoms with van der Waals surface area (Å²) in [7, 11) is 1.77. The zero-order chi connectivity index (χ0) is 25.5. The third kappa shape index (κ3) is 6.59. The number of piperazine rings is 1. The normalized spacial score (nSPS) is 14.0. The molecule has 1 amide bonds. The summed E-state index contributed by atoms with van der Waals surface area (Å²) in [6.45, 7) is 2.98. The standard InChI is InChI=1S/C26H25F3N6O/c1-30-23-7-4-19(16-33-23)3-2-18-8-9-32-24(14-18)34-25(36)20-5-6-21(22(15-20)26(27,28)29)17-35-12-10-31-11-13-35/h4-9,14-16,31H,10-13,17H2,1H3,(H,30,33)(H,32,34,36). The van der Waals surface area contributed by atoms with Crippen LogP contribution in [-0.2, 0) is 12.7 Å². The maximum atomic E-state index is 13.8. The molecule has 3 heterocycles. The first kappa shape index (κ1) is 25.2. The highest BCUT2D eigenvalue weighted by Gasteiger charge is 2.34. The second-order valence-corrected chi connectivity index (χ2v) is 8.21. The summed E-state index contributed by atoms with van der Waals surface area (Å²) in [4.78, 5) is 23.0. The van der Waals surface area contributed by atoms with Crippen molar-refractivity contribution in [2.24, 2.45) is 0 Å². The first-order chi connectivity index (χ1) is 17.3. The van der Waals surface area contributed by atoms with Crippen LogP contribution in [0.3, 0.4) is 0 Å². The molecule has 0 spiro atoms. The van der Waals surface area contributed by atoms with Crippen molar-refractivity contribution in [1.82, 2.24) is 20.2 Å². The number of anilines is 2. The van der Waals surface area contributed by atoms with Gasteiger partial charge in [-0.15, -0.1) is 0 Å². The number of nitrogens with zero attached hydrogens (tertiary/aromatic N) is 3. The highest BCUT2D eigenvalue weighted by atomic mass is 19.4. The number of pyridine rings is 2. The molecule has 186 valence electrons. The SMILES string of the molecule is CNc1ccc(C#Cc2ccnc(NC(=O)c3ccc(CN4CCNCC4)c(C(F)(F)F)c3)c2)cn1. The number of carbonyl (C=O) groups excluding carboxylic acids is 1. The summed E-state index contributed by atoms with van der Waals surface area (Å²) in [5.41, 5.74) is 0.533. The van der Waals surface area contributed by atoms with E-state index in [9.17, 15) is 18.0 Å². The van der Waals surface area contributed by atoms with E-state index in [1.807, 2.05) is 11.0 Å². The molecule has 1 aliphatic heterocycles. The van der Waals surface area contributed by atoms with Crippen molar-refractivity contribution < 1.29 is 18.0 Å².